The van der Waals surface area contributed by atoms with Gasteiger partial charge in [-0.2, -0.15) is 8.78 Å². The van der Waals surface area contributed by atoms with Crippen LogP contribution in [0.3, 0.4) is 0 Å². The van der Waals surface area contributed by atoms with Crippen LogP contribution in [-0.4, -0.2) is 104 Å². The lowest BCUT2D eigenvalue weighted by atomic mass is 9.85. The van der Waals surface area contributed by atoms with Crippen LogP contribution in [0.1, 0.15) is 53.4 Å². The number of hydrogen-bond donors (Lipinski definition) is 1. The predicted octanol–water partition coefficient (Wildman–Crippen LogP) is 3.47. The summed E-state index contributed by atoms with van der Waals surface area (Å²) in [6, 6.07) is -3.27. The molecule has 1 unspecified atom stereocenters. The Labute approximate surface area is 256 Å². The van der Waals surface area contributed by atoms with E-state index in [4.69, 9.17) is 18.9 Å². The smallest absolute Gasteiger partial charge is 0.408 e. The lowest BCUT2D eigenvalue weighted by Crippen LogP contribution is -2.56. The van der Waals surface area contributed by atoms with Crippen LogP contribution in [0.15, 0.2) is 34.0 Å². The maximum Gasteiger partial charge on any atom is 0.408 e. The molecule has 1 N–H and O–H groups in total. The van der Waals surface area contributed by atoms with Gasteiger partial charge >= 0.3 is 12.0 Å². The minimum absolute atomic E-state index is 0.0347. The number of carbonyl (C=O) groups excluding carboxylic acids is 3. The maximum atomic E-state index is 15.8. The molecule has 2 bridgehead atoms. The third kappa shape index (κ3) is 6.52. The Morgan fingerprint density at radius 3 is 2.59 bits per heavy atom. The zero-order chi connectivity index (χ0) is 31.8. The number of fused-ring (bicyclic) bond motifs is 5. The molecule has 0 aromatic rings. The van der Waals surface area contributed by atoms with E-state index >= 15 is 8.78 Å². The van der Waals surface area contributed by atoms with Gasteiger partial charge in [0, 0.05) is 12.5 Å². The summed E-state index contributed by atoms with van der Waals surface area (Å²) in [7, 11) is 1.50. The molecule has 0 aromatic carbocycles. The highest BCUT2D eigenvalue weighted by Crippen LogP contribution is 2.35. The van der Waals surface area contributed by atoms with Gasteiger partial charge in [0.1, 0.15) is 42.9 Å². The first kappa shape index (κ1) is 32.1. The maximum absolute atomic E-state index is 15.8. The summed E-state index contributed by atoms with van der Waals surface area (Å²) in [6.45, 7) is 6.14. The molecule has 242 valence electrons. The second kappa shape index (κ2) is 12.6. The summed E-state index contributed by atoms with van der Waals surface area (Å²) in [4.78, 5) is 49.6. The second-order valence-corrected chi connectivity index (χ2v) is 13.3. The molecule has 5 aliphatic rings. The Balaban J connectivity index is 1.51. The van der Waals surface area contributed by atoms with Crippen LogP contribution in [0.2, 0.25) is 0 Å². The molecule has 0 spiro atoms. The van der Waals surface area contributed by atoms with Gasteiger partial charge < -0.3 is 34.0 Å². The molecule has 3 heterocycles. The zero-order valence-electron chi connectivity index (χ0n) is 25.8. The predicted molar refractivity (Wildman–Crippen MR) is 157 cm³/mol. The standard InChI is InChI=1S/C31H42F2N4O7/c1-17-22(15-38)37-14-24(17)43-27-25(34-20-10-9-19(41-5)13-21(20)35-27)31(32,33)16-42-12-11-18-7-6-8-23(18)44-29(40)36-26(28(37)39)30(2,3)4/h9-10,13,15,17-18,20-24,26H,6-8,11-12,14,16H2,1-5H3,(H,36,40)/t17-,18-,20?,21-,22+,23+,24-,26+/m0/s1. The van der Waals surface area contributed by atoms with Crippen molar-refractivity contribution < 1.29 is 42.1 Å². The number of carbonyl (C=O) groups is 3. The molecule has 44 heavy (non-hydrogen) atoms. The molecule has 3 fully saturated rings. The molecule has 3 aliphatic heterocycles. The lowest BCUT2D eigenvalue weighted by molar-refractivity contribution is -0.139. The number of alkyl carbamates (subject to hydrolysis) is 1. The number of alkyl halides is 2. The van der Waals surface area contributed by atoms with Crippen molar-refractivity contribution >= 4 is 29.9 Å². The molecule has 1 saturated carbocycles. The summed E-state index contributed by atoms with van der Waals surface area (Å²) >= 11 is 0. The topological polar surface area (TPSA) is 128 Å². The minimum Gasteiger partial charge on any atom is -0.497 e. The van der Waals surface area contributed by atoms with Gasteiger partial charge in [-0.05, 0) is 49.2 Å². The highest BCUT2D eigenvalue weighted by molar-refractivity contribution is 6.42. The van der Waals surface area contributed by atoms with Crippen LogP contribution in [0.25, 0.3) is 0 Å². The van der Waals surface area contributed by atoms with Gasteiger partial charge in [-0.1, -0.05) is 33.8 Å². The Morgan fingerprint density at radius 2 is 1.89 bits per heavy atom. The molecule has 2 saturated heterocycles. The van der Waals surface area contributed by atoms with E-state index in [0.717, 1.165) is 12.8 Å². The summed E-state index contributed by atoms with van der Waals surface area (Å²) in [6.07, 6.45) is 6.25. The Hall–Kier alpha value is -3.35. The van der Waals surface area contributed by atoms with E-state index in [0.29, 0.717) is 24.9 Å². The molecular formula is C31H42F2N4O7. The van der Waals surface area contributed by atoms with Crippen molar-refractivity contribution in [3.8, 4) is 0 Å². The number of rotatable bonds is 2. The monoisotopic (exact) mass is 620 g/mol. The molecule has 2 amide bonds. The molecule has 2 aliphatic carbocycles. The quantitative estimate of drug-likeness (QED) is 0.469. The summed E-state index contributed by atoms with van der Waals surface area (Å²) in [5.74, 6) is -4.52. The van der Waals surface area contributed by atoms with Crippen molar-refractivity contribution in [2.24, 2.45) is 27.2 Å². The number of aldehydes is 1. The Kier molecular flexibility index (Phi) is 9.16. The molecular weight excluding hydrogens is 578 g/mol. The first-order valence-corrected chi connectivity index (χ1v) is 15.3. The van der Waals surface area contributed by atoms with E-state index in [1.165, 1.54) is 12.0 Å². The molecule has 0 aromatic heterocycles. The number of halogens is 2. The van der Waals surface area contributed by atoms with E-state index < -0.39 is 77.9 Å². The average Bonchev–Trinajstić information content (AvgIpc) is 3.54. The van der Waals surface area contributed by atoms with Gasteiger partial charge in [0.25, 0.3) is 0 Å². The number of allylic oxidation sites excluding steroid dienone is 1. The summed E-state index contributed by atoms with van der Waals surface area (Å²) in [5.41, 5.74) is -1.37. The van der Waals surface area contributed by atoms with Crippen molar-refractivity contribution in [2.75, 3.05) is 26.9 Å². The van der Waals surface area contributed by atoms with Crippen molar-refractivity contribution in [3.05, 3.63) is 24.0 Å². The third-order valence-corrected chi connectivity index (χ3v) is 9.16. The molecule has 0 radical (unpaired) electrons. The van der Waals surface area contributed by atoms with Gasteiger partial charge in [-0.3, -0.25) is 9.79 Å². The Morgan fingerprint density at radius 1 is 1.11 bits per heavy atom. The summed E-state index contributed by atoms with van der Waals surface area (Å²) in [5, 5.41) is 2.76. The fourth-order valence-electron chi connectivity index (χ4n) is 6.54. The average molecular weight is 621 g/mol. The van der Waals surface area contributed by atoms with Crippen LogP contribution in [0.5, 0.6) is 0 Å². The van der Waals surface area contributed by atoms with E-state index in [1.54, 1.807) is 45.9 Å². The lowest BCUT2D eigenvalue weighted by Gasteiger charge is -2.35. The molecule has 8 atom stereocenters. The number of aliphatic imine (C=N–C) groups is 2. The SMILES string of the molecule is COC1=C[C@@H]2N=C3O[C@H]4CN(C(=O)[C@H](C(C)(C)C)NC(=O)O[C@@H]5CCC[C@H]5CCOCC(F)(F)C3=NC2C=C1)[C@H](C=O)[C@@H]4C. The number of nitrogens with zero attached hydrogens (tertiary/aromatic N) is 3. The zero-order valence-corrected chi connectivity index (χ0v) is 25.8. The van der Waals surface area contributed by atoms with Crippen molar-refractivity contribution in [2.45, 2.75) is 95.7 Å². The Bertz CT molecular complexity index is 1260. The number of hydrogen-bond acceptors (Lipinski definition) is 9. The fourth-order valence-corrected chi connectivity index (χ4v) is 6.54. The molecule has 11 nitrogen and oxygen atoms in total. The number of methoxy groups -OCH3 is 1. The number of ether oxygens (including phenoxy) is 4. The molecule has 13 heteroatoms. The summed E-state index contributed by atoms with van der Waals surface area (Å²) < 4.78 is 54.4. The van der Waals surface area contributed by atoms with Gasteiger partial charge in [-0.25, -0.2) is 9.79 Å². The number of amides is 2. The van der Waals surface area contributed by atoms with Crippen LogP contribution in [0, 0.1) is 17.3 Å². The normalized spacial score (nSPS) is 36.1. The number of nitrogens with one attached hydrogen (secondary N) is 1. The van der Waals surface area contributed by atoms with Gasteiger partial charge in [0.15, 0.2) is 5.71 Å². The van der Waals surface area contributed by atoms with Crippen molar-refractivity contribution in [1.82, 2.24) is 10.2 Å². The van der Waals surface area contributed by atoms with Gasteiger partial charge in [0.05, 0.1) is 25.7 Å². The van der Waals surface area contributed by atoms with E-state index in [2.05, 4.69) is 15.3 Å². The third-order valence-electron chi connectivity index (χ3n) is 9.16. The van der Waals surface area contributed by atoms with E-state index in [-0.39, 0.29) is 25.0 Å². The fraction of sp³-hybridized carbons (Fsp3) is 0.710. The van der Waals surface area contributed by atoms with Crippen molar-refractivity contribution in [3.63, 3.8) is 0 Å². The van der Waals surface area contributed by atoms with Crippen LogP contribution in [0.4, 0.5) is 13.6 Å². The molecule has 5 rings (SSSR count). The largest absolute Gasteiger partial charge is 0.497 e. The highest BCUT2D eigenvalue weighted by Gasteiger charge is 2.50. The van der Waals surface area contributed by atoms with Crippen LogP contribution in [-0.2, 0) is 28.5 Å². The van der Waals surface area contributed by atoms with Crippen LogP contribution >= 0.6 is 0 Å². The van der Waals surface area contributed by atoms with Crippen LogP contribution < -0.4 is 5.32 Å². The van der Waals surface area contributed by atoms with Crippen molar-refractivity contribution in [1.29, 1.82) is 0 Å². The van der Waals surface area contributed by atoms with E-state index in [1.807, 2.05) is 0 Å². The second-order valence-electron chi connectivity index (χ2n) is 13.3. The first-order chi connectivity index (χ1) is 20.8. The minimum atomic E-state index is -3.54. The van der Waals surface area contributed by atoms with Gasteiger partial charge in [0.2, 0.25) is 11.8 Å². The van der Waals surface area contributed by atoms with E-state index in [9.17, 15) is 14.4 Å². The highest BCUT2D eigenvalue weighted by atomic mass is 19.3. The first-order valence-electron chi connectivity index (χ1n) is 15.3. The van der Waals surface area contributed by atoms with Gasteiger partial charge in [-0.15, -0.1) is 0 Å².